The first kappa shape index (κ1) is 21.1. The summed E-state index contributed by atoms with van der Waals surface area (Å²) >= 11 is 6.29. The van der Waals surface area contributed by atoms with Crippen LogP contribution in [0.3, 0.4) is 0 Å². The summed E-state index contributed by atoms with van der Waals surface area (Å²) in [6, 6.07) is 0.265. The average molecular weight is 411 g/mol. The van der Waals surface area contributed by atoms with Gasteiger partial charge in [-0.05, 0) is 49.9 Å². The summed E-state index contributed by atoms with van der Waals surface area (Å²) in [4.78, 5) is 24.5. The quantitative estimate of drug-likeness (QED) is 0.668. The molecule has 2 bridgehead atoms. The van der Waals surface area contributed by atoms with Crippen molar-refractivity contribution in [3.63, 3.8) is 0 Å². The summed E-state index contributed by atoms with van der Waals surface area (Å²) in [6.07, 6.45) is 3.86. The minimum atomic E-state index is -1.02. The van der Waals surface area contributed by atoms with Gasteiger partial charge in [-0.15, -0.1) is 0 Å². The molecule has 0 radical (unpaired) electrons. The molecule has 0 spiro atoms. The van der Waals surface area contributed by atoms with Crippen LogP contribution in [-0.2, 0) is 11.3 Å². The van der Waals surface area contributed by atoms with Crippen LogP contribution in [0.5, 0.6) is 0 Å². The molecular weight excluding hydrogens is 380 g/mol. The lowest BCUT2D eigenvalue weighted by Gasteiger charge is -2.62. The van der Waals surface area contributed by atoms with Gasteiger partial charge in [-0.3, -0.25) is 9.59 Å². The number of hydrogen-bond acceptors (Lipinski definition) is 5. The van der Waals surface area contributed by atoms with Crippen LogP contribution in [0.4, 0.5) is 5.69 Å². The van der Waals surface area contributed by atoms with Crippen LogP contribution in [0, 0.1) is 23.2 Å². The molecule has 156 valence electrons. The van der Waals surface area contributed by atoms with E-state index in [1.807, 2.05) is 0 Å². The van der Waals surface area contributed by atoms with Gasteiger partial charge in [-0.1, -0.05) is 32.4 Å². The molecule has 8 heteroatoms. The molecule has 4 atom stereocenters. The Kier molecular flexibility index (Phi) is 5.53. The van der Waals surface area contributed by atoms with E-state index in [9.17, 15) is 14.7 Å². The highest BCUT2D eigenvalue weighted by molar-refractivity contribution is 6.32. The molecule has 4 rings (SSSR count). The fourth-order valence-corrected chi connectivity index (χ4v) is 4.93. The molecule has 3 fully saturated rings. The summed E-state index contributed by atoms with van der Waals surface area (Å²) in [5.74, 6) is 1.45. The molecular formula is C20H31ClN4O3. The number of aliphatic hydroxyl groups is 1. The van der Waals surface area contributed by atoms with Gasteiger partial charge in [0.2, 0.25) is 5.91 Å². The number of amides is 1. The van der Waals surface area contributed by atoms with Gasteiger partial charge in [0.1, 0.15) is 11.6 Å². The van der Waals surface area contributed by atoms with Gasteiger partial charge in [0.25, 0.3) is 5.56 Å². The molecule has 3 aliphatic carbocycles. The van der Waals surface area contributed by atoms with E-state index >= 15 is 0 Å². The third-order valence-corrected chi connectivity index (χ3v) is 7.06. The van der Waals surface area contributed by atoms with Crippen LogP contribution in [0.1, 0.15) is 47.5 Å². The predicted molar refractivity (Wildman–Crippen MR) is 109 cm³/mol. The van der Waals surface area contributed by atoms with Crippen LogP contribution in [0.25, 0.3) is 0 Å². The van der Waals surface area contributed by atoms with Gasteiger partial charge >= 0.3 is 0 Å². The van der Waals surface area contributed by atoms with E-state index in [0.29, 0.717) is 28.9 Å². The average Bonchev–Trinajstić information content (AvgIpc) is 2.60. The normalized spacial score (nSPS) is 28.4. The number of nitrogens with one attached hydrogen (secondary N) is 2. The van der Waals surface area contributed by atoms with Gasteiger partial charge in [0.05, 0.1) is 17.5 Å². The zero-order valence-electron chi connectivity index (χ0n) is 17.3. The van der Waals surface area contributed by atoms with Gasteiger partial charge in [0, 0.05) is 12.6 Å². The first-order chi connectivity index (χ1) is 12.9. The van der Waals surface area contributed by atoms with Crippen molar-refractivity contribution >= 4 is 23.2 Å². The molecule has 1 aromatic heterocycles. The lowest BCUT2D eigenvalue weighted by molar-refractivity contribution is -0.122. The first-order valence-corrected chi connectivity index (χ1v) is 10.3. The Labute approximate surface area is 170 Å². The summed E-state index contributed by atoms with van der Waals surface area (Å²) in [5, 5.41) is 19.8. The molecule has 1 amide bonds. The van der Waals surface area contributed by atoms with Gasteiger partial charge in [-0.25, -0.2) is 4.68 Å². The molecule has 0 aromatic carbocycles. The topological polar surface area (TPSA) is 96.2 Å². The number of carbonyl (C=O) groups excluding carboxylic acids is 1. The van der Waals surface area contributed by atoms with Crippen LogP contribution in [0.15, 0.2) is 11.0 Å². The van der Waals surface area contributed by atoms with Gasteiger partial charge in [-0.2, -0.15) is 5.10 Å². The molecule has 3 saturated carbocycles. The van der Waals surface area contributed by atoms with Crippen molar-refractivity contribution in [1.29, 1.82) is 0 Å². The zero-order chi connectivity index (χ0) is 20.9. The Morgan fingerprint density at radius 2 is 2.11 bits per heavy atom. The Bertz CT molecular complexity index is 815. The lowest BCUT2D eigenvalue weighted by atomic mass is 9.45. The van der Waals surface area contributed by atoms with Crippen LogP contribution < -0.4 is 16.2 Å². The molecule has 0 saturated heterocycles. The number of anilines is 1. The summed E-state index contributed by atoms with van der Waals surface area (Å²) in [7, 11) is 0. The van der Waals surface area contributed by atoms with E-state index in [-0.39, 0.29) is 24.2 Å². The second kappa shape index (κ2) is 7.34. The predicted octanol–water partition coefficient (Wildman–Crippen LogP) is 2.27. The molecule has 7 nitrogen and oxygen atoms in total. The van der Waals surface area contributed by atoms with Crippen LogP contribution in [-0.4, -0.2) is 39.0 Å². The fourth-order valence-electron chi connectivity index (χ4n) is 4.73. The van der Waals surface area contributed by atoms with Crippen molar-refractivity contribution in [3.05, 3.63) is 21.6 Å². The monoisotopic (exact) mass is 410 g/mol. The minimum absolute atomic E-state index is 0.0518. The van der Waals surface area contributed by atoms with Crippen LogP contribution in [0.2, 0.25) is 5.02 Å². The molecule has 0 aliphatic heterocycles. The second-order valence-electron chi connectivity index (χ2n) is 9.63. The van der Waals surface area contributed by atoms with E-state index < -0.39 is 17.1 Å². The van der Waals surface area contributed by atoms with Crippen molar-refractivity contribution < 1.29 is 9.90 Å². The van der Waals surface area contributed by atoms with Gasteiger partial charge in [0.15, 0.2) is 0 Å². The van der Waals surface area contributed by atoms with E-state index in [1.165, 1.54) is 12.6 Å². The van der Waals surface area contributed by atoms with Crippen molar-refractivity contribution in [3.8, 4) is 0 Å². The van der Waals surface area contributed by atoms with Crippen molar-refractivity contribution in [1.82, 2.24) is 15.1 Å². The number of nitrogens with zero attached hydrogens (tertiary/aromatic N) is 2. The number of fused-ring (bicyclic) bond motifs is 2. The maximum absolute atomic E-state index is 12.5. The van der Waals surface area contributed by atoms with E-state index in [0.717, 1.165) is 11.1 Å². The van der Waals surface area contributed by atoms with E-state index in [1.54, 1.807) is 13.8 Å². The van der Waals surface area contributed by atoms with Gasteiger partial charge < -0.3 is 15.7 Å². The summed E-state index contributed by atoms with van der Waals surface area (Å²) in [5.41, 5.74) is -0.611. The molecule has 1 aromatic rings. The number of halogens is 1. The lowest BCUT2D eigenvalue weighted by Crippen LogP contribution is -2.58. The highest BCUT2D eigenvalue weighted by Gasteiger charge is 2.56. The van der Waals surface area contributed by atoms with E-state index in [4.69, 9.17) is 11.6 Å². The zero-order valence-corrected chi connectivity index (χ0v) is 18.0. The Morgan fingerprint density at radius 3 is 2.68 bits per heavy atom. The molecule has 0 unspecified atom stereocenters. The summed E-state index contributed by atoms with van der Waals surface area (Å²) in [6.45, 7) is 9.97. The standard InChI is InChI=1S/C20H31ClN4O3/c1-11-13-6-12(20(13,4)5)7-14(11)24-15-8-23-25(18(27)17(15)21)9-16(26)22-10-19(2,3)28/h8,11-14,24,28H,6-7,9-10H2,1-5H3,(H,22,26)/t11-,12+,13-,14-/m1/s1. The van der Waals surface area contributed by atoms with Crippen molar-refractivity contribution in [2.45, 2.75) is 65.6 Å². The Hall–Kier alpha value is -1.60. The largest absolute Gasteiger partial charge is 0.389 e. The fraction of sp³-hybridized carbons (Fsp3) is 0.750. The highest BCUT2D eigenvalue weighted by Crippen LogP contribution is 2.61. The molecule has 3 N–H and O–H groups in total. The number of aromatic nitrogens is 2. The highest BCUT2D eigenvalue weighted by atomic mass is 35.5. The summed E-state index contributed by atoms with van der Waals surface area (Å²) < 4.78 is 1.04. The van der Waals surface area contributed by atoms with Crippen molar-refractivity contribution in [2.75, 3.05) is 11.9 Å². The molecule has 3 aliphatic rings. The first-order valence-electron chi connectivity index (χ1n) is 9.91. The molecule has 1 heterocycles. The third kappa shape index (κ3) is 4.06. The smallest absolute Gasteiger partial charge is 0.288 e. The maximum Gasteiger partial charge on any atom is 0.288 e. The van der Waals surface area contributed by atoms with Crippen LogP contribution >= 0.6 is 11.6 Å². The molecule has 28 heavy (non-hydrogen) atoms. The maximum atomic E-state index is 12.5. The van der Waals surface area contributed by atoms with E-state index in [2.05, 4.69) is 36.5 Å². The Balaban J connectivity index is 1.66. The number of carbonyl (C=O) groups is 1. The minimum Gasteiger partial charge on any atom is -0.389 e. The Morgan fingerprint density at radius 1 is 1.43 bits per heavy atom. The number of hydrogen-bond donors (Lipinski definition) is 3. The SMILES string of the molecule is C[C@@H]1[C@H]2C[C@@H](C[C@H]1Nc1cnn(CC(=O)NCC(C)(C)O)c(=O)c1Cl)C2(C)C. The number of rotatable bonds is 6. The van der Waals surface area contributed by atoms with Crippen molar-refractivity contribution in [2.24, 2.45) is 23.2 Å². The second-order valence-corrected chi connectivity index (χ2v) is 10.0. The third-order valence-electron chi connectivity index (χ3n) is 6.69.